The lowest BCUT2D eigenvalue weighted by atomic mass is 10.3. The fraction of sp³-hybridized carbons (Fsp3) is 0.333. The van der Waals surface area contributed by atoms with Crippen molar-refractivity contribution in [3.63, 3.8) is 0 Å². The van der Waals surface area contributed by atoms with E-state index in [2.05, 4.69) is 25.7 Å². The van der Waals surface area contributed by atoms with Gasteiger partial charge in [0.05, 0.1) is 6.20 Å². The minimum Gasteiger partial charge on any atom is -0.363 e. The lowest BCUT2D eigenvalue weighted by Gasteiger charge is -2.13. The third-order valence-corrected chi connectivity index (χ3v) is 3.07. The Labute approximate surface area is 102 Å². The highest BCUT2D eigenvalue weighted by Gasteiger charge is 2.17. The molecule has 1 amide bonds. The highest BCUT2D eigenvalue weighted by Crippen LogP contribution is 2.16. The largest absolute Gasteiger partial charge is 0.363 e. The van der Waals surface area contributed by atoms with Gasteiger partial charge < -0.3 is 10.2 Å². The lowest BCUT2D eigenvalue weighted by Crippen LogP contribution is -2.25. The van der Waals surface area contributed by atoms with Crippen LogP contribution in [0.15, 0.2) is 12.4 Å². The van der Waals surface area contributed by atoms with E-state index in [0.717, 1.165) is 5.56 Å². The summed E-state index contributed by atoms with van der Waals surface area (Å²) >= 11 is 1.23. The van der Waals surface area contributed by atoms with Crippen molar-refractivity contribution in [1.82, 2.24) is 25.3 Å². The molecule has 17 heavy (non-hydrogen) atoms. The molecule has 0 unspecified atom stereocenters. The standard InChI is InChI=1S/C9H12N6OS/c1-10-9-14-13-7(17-9)8(16)15(2)5-6-3-11-12-4-6/h3-4H,5H2,1-2H3,(H,10,14)(H,11,12). The van der Waals surface area contributed by atoms with Gasteiger partial charge in [-0.25, -0.2) is 0 Å². The number of carbonyl (C=O) groups is 1. The fourth-order valence-electron chi connectivity index (χ4n) is 1.28. The number of hydrogen-bond acceptors (Lipinski definition) is 6. The molecule has 8 heteroatoms. The second-order valence-electron chi connectivity index (χ2n) is 3.43. The lowest BCUT2D eigenvalue weighted by molar-refractivity contribution is 0.0784. The molecule has 2 aromatic rings. The smallest absolute Gasteiger partial charge is 0.284 e. The third-order valence-electron chi connectivity index (χ3n) is 2.14. The van der Waals surface area contributed by atoms with E-state index in [-0.39, 0.29) is 5.91 Å². The number of H-pyrrole nitrogens is 1. The van der Waals surface area contributed by atoms with Crippen molar-refractivity contribution in [2.45, 2.75) is 6.54 Å². The Hall–Kier alpha value is -1.96. The topological polar surface area (TPSA) is 86.8 Å². The summed E-state index contributed by atoms with van der Waals surface area (Å²) in [5.74, 6) is -0.148. The Kier molecular flexibility index (Phi) is 3.33. The van der Waals surface area contributed by atoms with Crippen LogP contribution in [0, 0.1) is 0 Å². The van der Waals surface area contributed by atoms with Gasteiger partial charge in [0.25, 0.3) is 5.91 Å². The van der Waals surface area contributed by atoms with Crippen LogP contribution in [0.4, 0.5) is 5.13 Å². The van der Waals surface area contributed by atoms with Gasteiger partial charge in [0.1, 0.15) is 0 Å². The van der Waals surface area contributed by atoms with Gasteiger partial charge in [-0.05, 0) is 0 Å². The number of rotatable bonds is 4. The summed E-state index contributed by atoms with van der Waals surface area (Å²) in [6.07, 6.45) is 3.44. The second-order valence-corrected chi connectivity index (χ2v) is 4.41. The van der Waals surface area contributed by atoms with Crippen LogP contribution >= 0.6 is 11.3 Å². The number of carbonyl (C=O) groups excluding carboxylic acids is 1. The molecule has 0 saturated heterocycles. The maximum atomic E-state index is 12.0. The Bertz CT molecular complexity index is 493. The predicted molar refractivity (Wildman–Crippen MR) is 63.8 cm³/mol. The molecule has 0 aromatic carbocycles. The minimum atomic E-state index is -0.148. The molecule has 0 aliphatic rings. The van der Waals surface area contributed by atoms with Crippen molar-refractivity contribution in [2.24, 2.45) is 0 Å². The molecule has 2 N–H and O–H groups in total. The average Bonchev–Trinajstić information content (AvgIpc) is 2.98. The highest BCUT2D eigenvalue weighted by molar-refractivity contribution is 7.17. The average molecular weight is 252 g/mol. The third kappa shape index (κ3) is 2.59. The summed E-state index contributed by atoms with van der Waals surface area (Å²) in [6.45, 7) is 0.490. The van der Waals surface area contributed by atoms with Crippen molar-refractivity contribution in [1.29, 1.82) is 0 Å². The monoisotopic (exact) mass is 252 g/mol. The van der Waals surface area contributed by atoms with Gasteiger partial charge in [-0.1, -0.05) is 11.3 Å². The number of aromatic amines is 1. The number of amides is 1. The molecular weight excluding hydrogens is 240 g/mol. The zero-order valence-electron chi connectivity index (χ0n) is 9.47. The molecule has 0 aliphatic heterocycles. The van der Waals surface area contributed by atoms with E-state index in [4.69, 9.17) is 0 Å². The Morgan fingerprint density at radius 1 is 1.59 bits per heavy atom. The van der Waals surface area contributed by atoms with Crippen LogP contribution in [-0.2, 0) is 6.54 Å². The van der Waals surface area contributed by atoms with Crippen LogP contribution in [0.5, 0.6) is 0 Å². The maximum Gasteiger partial charge on any atom is 0.284 e. The Morgan fingerprint density at radius 2 is 2.41 bits per heavy atom. The number of aromatic nitrogens is 4. The number of nitrogens with zero attached hydrogens (tertiary/aromatic N) is 4. The summed E-state index contributed by atoms with van der Waals surface area (Å²) in [4.78, 5) is 13.5. The molecule has 0 spiro atoms. The molecule has 0 atom stereocenters. The van der Waals surface area contributed by atoms with Crippen LogP contribution in [0.3, 0.4) is 0 Å². The van der Waals surface area contributed by atoms with E-state index in [0.29, 0.717) is 16.7 Å². The molecule has 0 radical (unpaired) electrons. The molecule has 90 valence electrons. The predicted octanol–water partition coefficient (Wildman–Crippen LogP) is 0.575. The van der Waals surface area contributed by atoms with Crippen molar-refractivity contribution in [2.75, 3.05) is 19.4 Å². The number of nitrogens with one attached hydrogen (secondary N) is 2. The zero-order valence-corrected chi connectivity index (χ0v) is 10.3. The first-order valence-corrected chi connectivity index (χ1v) is 5.76. The first kappa shape index (κ1) is 11.5. The summed E-state index contributed by atoms with van der Waals surface area (Å²) < 4.78 is 0. The van der Waals surface area contributed by atoms with Crippen LogP contribution in [0.2, 0.25) is 0 Å². The van der Waals surface area contributed by atoms with Crippen LogP contribution in [-0.4, -0.2) is 45.3 Å². The van der Waals surface area contributed by atoms with Crippen LogP contribution in [0.25, 0.3) is 0 Å². The summed E-state index contributed by atoms with van der Waals surface area (Å²) in [7, 11) is 3.46. The van der Waals surface area contributed by atoms with E-state index in [9.17, 15) is 4.79 Å². The van der Waals surface area contributed by atoms with Gasteiger partial charge in [0.2, 0.25) is 10.1 Å². The molecule has 2 heterocycles. The summed E-state index contributed by atoms with van der Waals surface area (Å²) in [6, 6.07) is 0. The summed E-state index contributed by atoms with van der Waals surface area (Å²) in [5.41, 5.74) is 0.944. The molecule has 0 bridgehead atoms. The van der Waals surface area contributed by atoms with Crippen molar-refractivity contribution in [3.05, 3.63) is 23.0 Å². The van der Waals surface area contributed by atoms with E-state index in [1.807, 2.05) is 0 Å². The first-order chi connectivity index (χ1) is 8.20. The van der Waals surface area contributed by atoms with Crippen LogP contribution < -0.4 is 5.32 Å². The molecule has 2 aromatic heterocycles. The van der Waals surface area contributed by atoms with Crippen molar-refractivity contribution < 1.29 is 4.79 Å². The molecule has 0 saturated carbocycles. The SMILES string of the molecule is CNc1nnc(C(=O)N(C)Cc2cn[nH]c2)s1. The molecule has 2 rings (SSSR count). The quantitative estimate of drug-likeness (QED) is 0.831. The van der Waals surface area contributed by atoms with E-state index >= 15 is 0 Å². The first-order valence-electron chi connectivity index (χ1n) is 4.95. The fourth-order valence-corrected chi connectivity index (χ4v) is 1.98. The maximum absolute atomic E-state index is 12.0. The normalized spacial score (nSPS) is 10.2. The van der Waals surface area contributed by atoms with Crippen molar-refractivity contribution >= 4 is 22.4 Å². The molecule has 0 fully saturated rings. The van der Waals surface area contributed by atoms with Gasteiger partial charge in [-0.15, -0.1) is 10.2 Å². The van der Waals surface area contributed by atoms with E-state index < -0.39 is 0 Å². The zero-order chi connectivity index (χ0) is 12.3. The number of hydrogen-bond donors (Lipinski definition) is 2. The van der Waals surface area contributed by atoms with Gasteiger partial charge in [0, 0.05) is 32.4 Å². The summed E-state index contributed by atoms with van der Waals surface area (Å²) in [5, 5.41) is 18.0. The highest BCUT2D eigenvalue weighted by atomic mass is 32.1. The van der Waals surface area contributed by atoms with Crippen molar-refractivity contribution in [3.8, 4) is 0 Å². The van der Waals surface area contributed by atoms with E-state index in [1.165, 1.54) is 11.3 Å². The van der Waals surface area contributed by atoms with E-state index in [1.54, 1.807) is 31.4 Å². The Morgan fingerprint density at radius 3 is 3.00 bits per heavy atom. The van der Waals surface area contributed by atoms with Gasteiger partial charge in [-0.2, -0.15) is 5.10 Å². The minimum absolute atomic E-state index is 0.148. The number of anilines is 1. The Balaban J connectivity index is 2.04. The second kappa shape index (κ2) is 4.91. The van der Waals surface area contributed by atoms with Gasteiger partial charge >= 0.3 is 0 Å². The van der Waals surface area contributed by atoms with Crippen LogP contribution in [0.1, 0.15) is 15.4 Å². The molecule has 7 nitrogen and oxygen atoms in total. The van der Waals surface area contributed by atoms with Gasteiger partial charge in [0.15, 0.2) is 0 Å². The molecular formula is C9H12N6OS. The van der Waals surface area contributed by atoms with Gasteiger partial charge in [-0.3, -0.25) is 9.89 Å². The molecule has 0 aliphatic carbocycles.